The summed E-state index contributed by atoms with van der Waals surface area (Å²) in [6, 6.07) is 24.1. The van der Waals surface area contributed by atoms with Gasteiger partial charge in [0.25, 0.3) is 0 Å². The molecule has 35 heavy (non-hydrogen) atoms. The van der Waals surface area contributed by atoms with Crippen molar-refractivity contribution >= 4 is 23.7 Å². The lowest BCUT2D eigenvalue weighted by Crippen LogP contribution is -2.14. The Morgan fingerprint density at radius 3 is 2.20 bits per heavy atom. The molecule has 0 spiro atoms. The maximum Gasteiger partial charge on any atom is 0.355 e. The van der Waals surface area contributed by atoms with Crippen molar-refractivity contribution in [2.24, 2.45) is 0 Å². The first-order valence-corrected chi connectivity index (χ1v) is 12.2. The third-order valence-electron chi connectivity index (χ3n) is 5.94. The second-order valence-electron chi connectivity index (χ2n) is 8.29. The van der Waals surface area contributed by atoms with Crippen molar-refractivity contribution in [1.29, 1.82) is 0 Å². The number of hydrogen-bond donors (Lipinski definition) is 2. The van der Waals surface area contributed by atoms with Gasteiger partial charge in [-0.3, -0.25) is 0 Å². The van der Waals surface area contributed by atoms with Crippen molar-refractivity contribution in [2.45, 2.75) is 42.7 Å². The van der Waals surface area contributed by atoms with Gasteiger partial charge in [-0.05, 0) is 41.3 Å². The summed E-state index contributed by atoms with van der Waals surface area (Å²) in [7, 11) is 0. The first kappa shape index (κ1) is 24.3. The topological polar surface area (TPSA) is 92.4 Å². The van der Waals surface area contributed by atoms with Gasteiger partial charge in [-0.25, -0.2) is 14.6 Å². The lowest BCUT2D eigenvalue weighted by atomic mass is 9.98. The maximum atomic E-state index is 12.4. The summed E-state index contributed by atoms with van der Waals surface area (Å²) < 4.78 is 1.79. The summed E-state index contributed by atoms with van der Waals surface area (Å²) in [5.74, 6) is -1.17. The molecule has 1 heterocycles. The second-order valence-corrected chi connectivity index (χ2v) is 9.35. The van der Waals surface area contributed by atoms with Gasteiger partial charge in [-0.2, -0.15) is 0 Å². The zero-order chi connectivity index (χ0) is 24.9. The van der Waals surface area contributed by atoms with Gasteiger partial charge in [0.05, 0.1) is 5.56 Å². The smallest absolute Gasteiger partial charge is 0.355 e. The summed E-state index contributed by atoms with van der Waals surface area (Å²) in [6.07, 6.45) is 0.830. The fourth-order valence-electron chi connectivity index (χ4n) is 3.94. The van der Waals surface area contributed by atoms with Crippen molar-refractivity contribution in [3.63, 3.8) is 0 Å². The predicted octanol–water partition coefficient (Wildman–Crippen LogP) is 6.66. The quantitative estimate of drug-likeness (QED) is 0.275. The van der Waals surface area contributed by atoms with Gasteiger partial charge in [0.2, 0.25) is 0 Å². The van der Waals surface area contributed by atoms with Crippen LogP contribution in [0.4, 0.5) is 0 Å². The van der Waals surface area contributed by atoms with Crippen LogP contribution in [0.15, 0.2) is 88.8 Å². The van der Waals surface area contributed by atoms with Crippen molar-refractivity contribution in [1.82, 2.24) is 9.55 Å². The molecule has 3 aromatic carbocycles. The zero-order valence-electron chi connectivity index (χ0n) is 19.5. The minimum atomic E-state index is -1.02. The van der Waals surface area contributed by atoms with Crippen LogP contribution in [0.1, 0.15) is 58.4 Å². The third-order valence-corrected chi connectivity index (χ3v) is 6.93. The fraction of sp³-hybridized carbons (Fsp3) is 0.179. The van der Waals surface area contributed by atoms with E-state index in [1.807, 2.05) is 67.6 Å². The Labute approximate surface area is 208 Å². The number of aromatic carboxylic acids is 2. The van der Waals surface area contributed by atoms with Crippen LogP contribution < -0.4 is 0 Å². The van der Waals surface area contributed by atoms with Crippen molar-refractivity contribution in [3.05, 3.63) is 102 Å². The van der Waals surface area contributed by atoms with E-state index < -0.39 is 11.9 Å². The summed E-state index contributed by atoms with van der Waals surface area (Å²) in [6.45, 7) is 4.46. The molecule has 0 saturated heterocycles. The number of hydrogen-bond acceptors (Lipinski definition) is 4. The van der Waals surface area contributed by atoms with E-state index in [0.29, 0.717) is 17.1 Å². The van der Waals surface area contributed by atoms with E-state index in [4.69, 9.17) is 4.98 Å². The van der Waals surface area contributed by atoms with Crippen LogP contribution in [-0.4, -0.2) is 31.7 Å². The Kier molecular flexibility index (Phi) is 7.36. The van der Waals surface area contributed by atoms with E-state index in [1.54, 1.807) is 22.8 Å². The average molecular weight is 487 g/mol. The van der Waals surface area contributed by atoms with E-state index in [9.17, 15) is 19.8 Å². The number of rotatable bonds is 9. The molecule has 0 amide bonds. The lowest BCUT2D eigenvalue weighted by molar-refractivity contribution is 0.0675. The number of carbonyl (C=O) groups is 2. The van der Waals surface area contributed by atoms with Gasteiger partial charge in [0.15, 0.2) is 5.69 Å². The van der Waals surface area contributed by atoms with E-state index in [-0.39, 0.29) is 17.2 Å². The van der Waals surface area contributed by atoms with Crippen LogP contribution in [0.5, 0.6) is 0 Å². The number of nitrogens with zero attached hydrogens (tertiary/aromatic N) is 2. The lowest BCUT2D eigenvalue weighted by Gasteiger charge is -2.14. The molecule has 7 heteroatoms. The van der Waals surface area contributed by atoms with Gasteiger partial charge in [0.1, 0.15) is 10.9 Å². The Morgan fingerprint density at radius 1 is 0.914 bits per heavy atom. The van der Waals surface area contributed by atoms with Crippen LogP contribution >= 0.6 is 11.8 Å². The first-order chi connectivity index (χ1) is 16.9. The molecule has 0 aliphatic heterocycles. The maximum absolute atomic E-state index is 12.4. The highest BCUT2D eigenvalue weighted by molar-refractivity contribution is 7.99. The molecule has 0 radical (unpaired) electrons. The van der Waals surface area contributed by atoms with Crippen LogP contribution in [0.2, 0.25) is 0 Å². The van der Waals surface area contributed by atoms with Crippen LogP contribution in [-0.2, 0) is 6.54 Å². The Hall–Kier alpha value is -3.84. The van der Waals surface area contributed by atoms with Gasteiger partial charge >= 0.3 is 11.9 Å². The number of benzene rings is 3. The Morgan fingerprint density at radius 2 is 1.57 bits per heavy atom. The molecule has 0 fully saturated rings. The zero-order valence-corrected chi connectivity index (χ0v) is 20.3. The number of aromatic nitrogens is 2. The van der Waals surface area contributed by atoms with Gasteiger partial charge in [-0.1, -0.05) is 86.3 Å². The van der Waals surface area contributed by atoms with Crippen molar-refractivity contribution in [2.75, 3.05) is 0 Å². The largest absolute Gasteiger partial charge is 0.478 e. The molecule has 178 valence electrons. The van der Waals surface area contributed by atoms with Crippen LogP contribution in [0, 0.1) is 0 Å². The third kappa shape index (κ3) is 5.30. The highest BCUT2D eigenvalue weighted by Gasteiger charge is 2.26. The SMILES string of the molecule is CCC(C)c1nc(Sc2ccccc2)c(C(=O)O)n1Cc1ccc(-c2ccccc2C(=O)O)cc1. The standard InChI is InChI=1S/C28H26N2O4S/c1-3-18(2)25-29-26(35-21-9-5-4-6-10-21)24(28(33)34)30(25)17-19-13-15-20(16-14-19)22-11-7-8-12-23(22)27(31)32/h4-16,18H,3,17H2,1-2H3,(H,31,32)(H,33,34). The summed E-state index contributed by atoms with van der Waals surface area (Å²) in [5, 5.41) is 20.1. The van der Waals surface area contributed by atoms with Crippen LogP contribution in [0.25, 0.3) is 11.1 Å². The molecule has 1 aromatic heterocycles. The monoisotopic (exact) mass is 486 g/mol. The molecule has 1 unspecified atom stereocenters. The van der Waals surface area contributed by atoms with Crippen molar-refractivity contribution in [3.8, 4) is 11.1 Å². The highest BCUT2D eigenvalue weighted by atomic mass is 32.2. The molecular formula is C28H26N2O4S. The van der Waals surface area contributed by atoms with E-state index in [0.717, 1.165) is 28.3 Å². The molecule has 6 nitrogen and oxygen atoms in total. The van der Waals surface area contributed by atoms with E-state index in [1.165, 1.54) is 11.8 Å². The summed E-state index contributed by atoms with van der Waals surface area (Å²) in [5.41, 5.74) is 2.75. The Bertz CT molecular complexity index is 1350. The molecule has 2 N–H and O–H groups in total. The van der Waals surface area contributed by atoms with E-state index in [2.05, 4.69) is 6.92 Å². The molecule has 4 rings (SSSR count). The molecule has 0 aliphatic rings. The summed E-state index contributed by atoms with van der Waals surface area (Å²) in [4.78, 5) is 29.7. The normalized spacial score (nSPS) is 11.8. The van der Waals surface area contributed by atoms with Gasteiger partial charge in [-0.15, -0.1) is 0 Å². The highest BCUT2D eigenvalue weighted by Crippen LogP contribution is 2.34. The van der Waals surface area contributed by atoms with E-state index >= 15 is 0 Å². The minimum absolute atomic E-state index is 0.0833. The van der Waals surface area contributed by atoms with Crippen molar-refractivity contribution < 1.29 is 19.8 Å². The molecule has 0 aliphatic carbocycles. The fourth-order valence-corrected chi connectivity index (χ4v) is 4.89. The molecule has 1 atom stereocenters. The van der Waals surface area contributed by atoms with Gasteiger partial charge < -0.3 is 14.8 Å². The predicted molar refractivity (Wildman–Crippen MR) is 136 cm³/mol. The van der Waals surface area contributed by atoms with Crippen LogP contribution in [0.3, 0.4) is 0 Å². The second kappa shape index (κ2) is 10.6. The molecule has 4 aromatic rings. The first-order valence-electron chi connectivity index (χ1n) is 11.4. The molecule has 0 saturated carbocycles. The Balaban J connectivity index is 1.71. The summed E-state index contributed by atoms with van der Waals surface area (Å²) >= 11 is 1.35. The molecular weight excluding hydrogens is 460 g/mol. The van der Waals surface area contributed by atoms with Gasteiger partial charge in [0, 0.05) is 17.4 Å². The minimum Gasteiger partial charge on any atom is -0.478 e. The average Bonchev–Trinajstić information content (AvgIpc) is 3.22. The number of imidazole rings is 1. The molecule has 0 bridgehead atoms. The number of carboxylic acid groups (broad SMARTS) is 2. The number of carboxylic acids is 2.